The average Bonchev–Trinajstić information content (AvgIpc) is 2.14. The Morgan fingerprint density at radius 3 is 2.38 bits per heavy atom. The maximum atomic E-state index is 12.7. The minimum atomic E-state index is -4.59. The van der Waals surface area contributed by atoms with Crippen LogP contribution in [0, 0.1) is 3.57 Å². The van der Waals surface area contributed by atoms with Gasteiger partial charge in [0.05, 0.1) is 12.7 Å². The minimum Gasteiger partial charge on any atom is -0.495 e. The van der Waals surface area contributed by atoms with Crippen molar-refractivity contribution in [3.63, 3.8) is 0 Å². The summed E-state index contributed by atoms with van der Waals surface area (Å²) in [6.45, 7) is 0. The molecule has 7 heteroatoms. The molecule has 0 aromatic heterocycles. The van der Waals surface area contributed by atoms with E-state index >= 15 is 0 Å². The number of carbonyl (C=O) groups excluding carboxylic acids is 1. The quantitative estimate of drug-likeness (QED) is 0.591. The number of hydrogen-bond donors (Lipinski definition) is 0. The Labute approximate surface area is 108 Å². The van der Waals surface area contributed by atoms with E-state index in [1.807, 2.05) is 0 Å². The summed E-state index contributed by atoms with van der Waals surface area (Å²) in [4.78, 5) is 10.9. The first kappa shape index (κ1) is 13.6. The Bertz CT molecular complexity index is 431. The number of ether oxygens (including phenoxy) is 1. The first-order valence-corrected chi connectivity index (χ1v) is 5.38. The minimum absolute atomic E-state index is 0.0522. The predicted octanol–water partition coefficient (Wildman–Crippen LogP) is 3.70. The van der Waals surface area contributed by atoms with Crippen molar-refractivity contribution in [1.29, 1.82) is 0 Å². The molecule has 0 fully saturated rings. The van der Waals surface area contributed by atoms with Crippen molar-refractivity contribution >= 4 is 39.4 Å². The number of methoxy groups -OCH3 is 1. The highest BCUT2D eigenvalue weighted by molar-refractivity contribution is 14.1. The maximum absolute atomic E-state index is 12.7. The summed E-state index contributed by atoms with van der Waals surface area (Å²) in [7, 11) is 1.06. The van der Waals surface area contributed by atoms with Crippen LogP contribution in [0.1, 0.15) is 15.9 Å². The molecule has 0 atom stereocenters. The molecule has 0 heterocycles. The number of hydrogen-bond acceptors (Lipinski definition) is 2. The maximum Gasteiger partial charge on any atom is 0.421 e. The summed E-state index contributed by atoms with van der Waals surface area (Å²) in [5, 5.41) is -0.987. The zero-order chi connectivity index (χ0) is 12.5. The summed E-state index contributed by atoms with van der Waals surface area (Å²) in [6, 6.07) is 2.37. The van der Waals surface area contributed by atoms with E-state index in [0.29, 0.717) is 0 Å². The number of rotatable bonds is 2. The molecule has 0 radical (unpaired) electrons. The summed E-state index contributed by atoms with van der Waals surface area (Å²) in [6.07, 6.45) is -4.59. The van der Waals surface area contributed by atoms with E-state index in [4.69, 9.17) is 11.6 Å². The highest BCUT2D eigenvalue weighted by Gasteiger charge is 2.38. The van der Waals surface area contributed by atoms with Crippen molar-refractivity contribution in [3.05, 3.63) is 26.8 Å². The zero-order valence-electron chi connectivity index (χ0n) is 7.86. The van der Waals surface area contributed by atoms with Gasteiger partial charge in [0.1, 0.15) is 11.3 Å². The smallest absolute Gasteiger partial charge is 0.421 e. The molecule has 0 bridgehead atoms. The van der Waals surface area contributed by atoms with Crippen LogP contribution in [0.2, 0.25) is 0 Å². The second-order valence-corrected chi connectivity index (χ2v) is 4.28. The molecular formula is C9H5ClF3IO2. The highest BCUT2D eigenvalue weighted by atomic mass is 127. The van der Waals surface area contributed by atoms with Gasteiger partial charge in [-0.2, -0.15) is 13.2 Å². The van der Waals surface area contributed by atoms with Crippen LogP contribution in [-0.4, -0.2) is 12.4 Å². The lowest BCUT2D eigenvalue weighted by molar-refractivity contribution is -0.139. The molecule has 0 saturated carbocycles. The number of halogens is 5. The molecule has 0 aliphatic heterocycles. The van der Waals surface area contributed by atoms with Gasteiger partial charge in [-0.15, -0.1) is 0 Å². The van der Waals surface area contributed by atoms with E-state index in [9.17, 15) is 18.0 Å². The Morgan fingerprint density at radius 1 is 1.44 bits per heavy atom. The molecule has 88 valence electrons. The Kier molecular flexibility index (Phi) is 4.06. The number of carbonyl (C=O) groups is 1. The van der Waals surface area contributed by atoms with Crippen LogP contribution in [-0.2, 0) is 6.18 Å². The van der Waals surface area contributed by atoms with Crippen LogP contribution in [0.5, 0.6) is 5.75 Å². The number of alkyl halides is 3. The molecule has 0 aliphatic rings. The molecule has 0 unspecified atom stereocenters. The van der Waals surface area contributed by atoms with E-state index in [0.717, 1.165) is 7.11 Å². The molecule has 0 amide bonds. The van der Waals surface area contributed by atoms with Gasteiger partial charge in [-0.3, -0.25) is 4.79 Å². The molecule has 0 saturated heterocycles. The van der Waals surface area contributed by atoms with E-state index < -0.39 is 22.7 Å². The molecule has 1 aromatic rings. The largest absolute Gasteiger partial charge is 0.495 e. The molecule has 1 aromatic carbocycles. The second kappa shape index (κ2) is 4.79. The van der Waals surface area contributed by atoms with Gasteiger partial charge in [0.2, 0.25) is 0 Å². The lowest BCUT2D eigenvalue weighted by Gasteiger charge is -2.15. The Morgan fingerprint density at radius 2 is 2.00 bits per heavy atom. The third-order valence-electron chi connectivity index (χ3n) is 1.81. The van der Waals surface area contributed by atoms with Crippen LogP contribution in [0.4, 0.5) is 13.2 Å². The fraction of sp³-hybridized carbons (Fsp3) is 0.222. The fourth-order valence-corrected chi connectivity index (χ4v) is 2.07. The molecule has 0 aliphatic carbocycles. The van der Waals surface area contributed by atoms with Gasteiger partial charge in [-0.1, -0.05) is 0 Å². The van der Waals surface area contributed by atoms with Crippen LogP contribution in [0.25, 0.3) is 0 Å². The first-order valence-electron chi connectivity index (χ1n) is 3.92. The predicted molar refractivity (Wildman–Crippen MR) is 60.9 cm³/mol. The van der Waals surface area contributed by atoms with E-state index in [2.05, 4.69) is 4.74 Å². The van der Waals surface area contributed by atoms with Gasteiger partial charge < -0.3 is 4.74 Å². The lowest BCUT2D eigenvalue weighted by atomic mass is 10.1. The van der Waals surface area contributed by atoms with Gasteiger partial charge in [0, 0.05) is 3.57 Å². The average molecular weight is 364 g/mol. The molecular weight excluding hydrogens is 359 g/mol. The molecule has 16 heavy (non-hydrogen) atoms. The van der Waals surface area contributed by atoms with E-state index in [1.165, 1.54) is 34.7 Å². The van der Waals surface area contributed by atoms with Gasteiger partial charge in [0.25, 0.3) is 5.24 Å². The molecule has 2 nitrogen and oxygen atoms in total. The van der Waals surface area contributed by atoms with E-state index in [1.54, 1.807) is 0 Å². The van der Waals surface area contributed by atoms with Gasteiger partial charge in [-0.05, 0) is 46.3 Å². The van der Waals surface area contributed by atoms with Crippen molar-refractivity contribution in [2.24, 2.45) is 0 Å². The van der Waals surface area contributed by atoms with Crippen molar-refractivity contribution in [2.45, 2.75) is 6.18 Å². The normalized spacial score (nSPS) is 11.4. The third kappa shape index (κ3) is 2.60. The van der Waals surface area contributed by atoms with Gasteiger partial charge in [0.15, 0.2) is 0 Å². The van der Waals surface area contributed by atoms with Crippen LogP contribution >= 0.6 is 34.2 Å². The highest BCUT2D eigenvalue weighted by Crippen LogP contribution is 2.41. The Hall–Kier alpha value is -0.500. The number of benzene rings is 1. The SMILES string of the molecule is COc1c(C(=O)Cl)ccc(I)c1C(F)(F)F. The van der Waals surface area contributed by atoms with Crippen LogP contribution < -0.4 is 4.74 Å². The summed E-state index contributed by atoms with van der Waals surface area (Å²) >= 11 is 6.69. The molecule has 0 N–H and O–H groups in total. The molecule has 0 spiro atoms. The lowest BCUT2D eigenvalue weighted by Crippen LogP contribution is -2.12. The van der Waals surface area contributed by atoms with Crippen molar-refractivity contribution in [3.8, 4) is 5.75 Å². The van der Waals surface area contributed by atoms with Crippen molar-refractivity contribution in [1.82, 2.24) is 0 Å². The summed E-state index contributed by atoms with van der Waals surface area (Å²) < 4.78 is 42.7. The van der Waals surface area contributed by atoms with E-state index in [-0.39, 0.29) is 9.13 Å². The second-order valence-electron chi connectivity index (χ2n) is 2.77. The standard InChI is InChI=1S/C9H5ClF3IO2/c1-16-7-4(8(10)15)2-3-5(14)6(7)9(11,12)13/h2-3H,1H3. The summed E-state index contributed by atoms with van der Waals surface area (Å²) in [5.74, 6) is -0.542. The first-order chi connectivity index (χ1) is 7.29. The van der Waals surface area contributed by atoms with Crippen molar-refractivity contribution < 1.29 is 22.7 Å². The topological polar surface area (TPSA) is 26.3 Å². The van der Waals surface area contributed by atoms with Crippen LogP contribution in [0.15, 0.2) is 12.1 Å². The Balaban J connectivity index is 3.57. The fourth-order valence-electron chi connectivity index (χ4n) is 1.19. The third-order valence-corrected chi connectivity index (χ3v) is 2.91. The van der Waals surface area contributed by atoms with Crippen molar-refractivity contribution in [2.75, 3.05) is 7.11 Å². The van der Waals surface area contributed by atoms with Crippen LogP contribution in [0.3, 0.4) is 0 Å². The van der Waals surface area contributed by atoms with Gasteiger partial charge >= 0.3 is 6.18 Å². The van der Waals surface area contributed by atoms with Gasteiger partial charge in [-0.25, -0.2) is 0 Å². The molecule has 1 rings (SSSR count). The monoisotopic (exact) mass is 364 g/mol. The summed E-state index contributed by atoms with van der Waals surface area (Å²) in [5.41, 5.74) is -1.28. The zero-order valence-corrected chi connectivity index (χ0v) is 10.8.